The molecule has 2 rings (SSSR count). The molecule has 112 valence electrons. The molecule has 5 heteroatoms. The van der Waals surface area contributed by atoms with E-state index in [-0.39, 0.29) is 10.8 Å². The van der Waals surface area contributed by atoms with Crippen LogP contribution < -0.4 is 5.32 Å². The van der Waals surface area contributed by atoms with Gasteiger partial charge in [-0.25, -0.2) is 13.4 Å². The van der Waals surface area contributed by atoms with Gasteiger partial charge in [0.25, 0.3) is 0 Å². The maximum atomic E-state index is 11.7. The van der Waals surface area contributed by atoms with Crippen molar-refractivity contribution in [1.82, 2.24) is 4.98 Å². The lowest BCUT2D eigenvalue weighted by Crippen LogP contribution is -2.13. The molecule has 1 atom stereocenters. The molecule has 1 heterocycles. The van der Waals surface area contributed by atoms with Crippen LogP contribution in [0.15, 0.2) is 47.5 Å². The van der Waals surface area contributed by atoms with Crippen LogP contribution in [0.1, 0.15) is 24.0 Å². The predicted molar refractivity (Wildman–Crippen MR) is 85.4 cm³/mol. The number of benzene rings is 1. The van der Waals surface area contributed by atoms with E-state index >= 15 is 0 Å². The van der Waals surface area contributed by atoms with E-state index in [2.05, 4.69) is 48.4 Å². The van der Waals surface area contributed by atoms with Crippen LogP contribution in [0.25, 0.3) is 0 Å². The summed E-state index contributed by atoms with van der Waals surface area (Å²) >= 11 is 0. The zero-order valence-corrected chi connectivity index (χ0v) is 13.3. The second kappa shape index (κ2) is 6.26. The first-order valence-electron chi connectivity index (χ1n) is 6.83. The van der Waals surface area contributed by atoms with Crippen molar-refractivity contribution in [3.63, 3.8) is 0 Å². The zero-order chi connectivity index (χ0) is 15.5. The van der Waals surface area contributed by atoms with E-state index in [9.17, 15) is 8.42 Å². The van der Waals surface area contributed by atoms with Crippen molar-refractivity contribution in [2.45, 2.75) is 24.7 Å². The molecule has 0 aliphatic carbocycles. The van der Waals surface area contributed by atoms with E-state index in [0.717, 1.165) is 0 Å². The second-order valence-electron chi connectivity index (χ2n) is 5.31. The Kier molecular flexibility index (Phi) is 4.63. The van der Waals surface area contributed by atoms with Crippen molar-refractivity contribution >= 4 is 15.7 Å². The van der Waals surface area contributed by atoms with Gasteiger partial charge >= 0.3 is 0 Å². The number of nitrogens with one attached hydrogen (secondary N) is 1. The van der Waals surface area contributed by atoms with Crippen LogP contribution in [0.3, 0.4) is 0 Å². The van der Waals surface area contributed by atoms with Gasteiger partial charge in [-0.3, -0.25) is 0 Å². The van der Waals surface area contributed by atoms with Crippen LogP contribution >= 0.6 is 0 Å². The number of aryl methyl sites for hydroxylation is 1. The highest BCUT2D eigenvalue weighted by Crippen LogP contribution is 2.20. The fourth-order valence-corrected chi connectivity index (χ4v) is 2.89. The minimum absolute atomic E-state index is 0.237. The van der Waals surface area contributed by atoms with Crippen LogP contribution in [0, 0.1) is 6.92 Å². The Morgan fingerprint density at radius 2 is 1.86 bits per heavy atom. The van der Waals surface area contributed by atoms with Crippen molar-refractivity contribution in [2.24, 2.45) is 0 Å². The summed E-state index contributed by atoms with van der Waals surface area (Å²) in [4.78, 5) is 4.37. The lowest BCUT2D eigenvalue weighted by Gasteiger charge is -2.15. The van der Waals surface area contributed by atoms with Crippen LogP contribution in [0.2, 0.25) is 0 Å². The SMILES string of the molecule is Cc1ccc(C(C)CNc2ncccc2S(C)(=O)=O)cc1. The number of nitrogens with zero attached hydrogens (tertiary/aromatic N) is 1. The normalized spacial score (nSPS) is 12.9. The summed E-state index contributed by atoms with van der Waals surface area (Å²) in [5.41, 5.74) is 2.44. The Bertz CT molecular complexity index is 709. The van der Waals surface area contributed by atoms with Crippen LogP contribution in [-0.2, 0) is 9.84 Å². The van der Waals surface area contributed by atoms with E-state index in [4.69, 9.17) is 0 Å². The van der Waals surface area contributed by atoms with Gasteiger partial charge in [0.05, 0.1) is 0 Å². The van der Waals surface area contributed by atoms with E-state index < -0.39 is 9.84 Å². The van der Waals surface area contributed by atoms with Crippen LogP contribution in [0.4, 0.5) is 5.82 Å². The lowest BCUT2D eigenvalue weighted by atomic mass is 10.00. The Labute approximate surface area is 126 Å². The Morgan fingerprint density at radius 1 is 1.19 bits per heavy atom. The molecule has 0 spiro atoms. The molecule has 4 nitrogen and oxygen atoms in total. The summed E-state index contributed by atoms with van der Waals surface area (Å²) < 4.78 is 23.5. The fourth-order valence-electron chi connectivity index (χ4n) is 2.09. The van der Waals surface area contributed by atoms with Gasteiger partial charge in [-0.05, 0) is 30.5 Å². The van der Waals surface area contributed by atoms with Gasteiger partial charge < -0.3 is 5.32 Å². The van der Waals surface area contributed by atoms with E-state index in [0.29, 0.717) is 12.4 Å². The molecule has 21 heavy (non-hydrogen) atoms. The summed E-state index contributed by atoms with van der Waals surface area (Å²) in [6.45, 7) is 4.78. The lowest BCUT2D eigenvalue weighted by molar-refractivity contribution is 0.601. The number of rotatable bonds is 5. The summed E-state index contributed by atoms with van der Waals surface area (Å²) in [6.07, 6.45) is 2.78. The zero-order valence-electron chi connectivity index (χ0n) is 12.5. The second-order valence-corrected chi connectivity index (χ2v) is 7.30. The van der Waals surface area contributed by atoms with Crippen LogP contribution in [0.5, 0.6) is 0 Å². The first-order chi connectivity index (χ1) is 9.88. The van der Waals surface area contributed by atoms with Crippen molar-refractivity contribution in [3.05, 3.63) is 53.7 Å². The van der Waals surface area contributed by atoms with Gasteiger partial charge in [0, 0.05) is 19.0 Å². The number of pyridine rings is 1. The molecule has 0 saturated heterocycles. The number of aromatic nitrogens is 1. The molecule has 1 N–H and O–H groups in total. The average Bonchev–Trinajstić information content (AvgIpc) is 2.45. The largest absolute Gasteiger partial charge is 0.368 e. The monoisotopic (exact) mass is 304 g/mol. The molecule has 1 aromatic carbocycles. The average molecular weight is 304 g/mol. The molecular weight excluding hydrogens is 284 g/mol. The smallest absolute Gasteiger partial charge is 0.179 e. The van der Waals surface area contributed by atoms with Gasteiger partial charge in [0.1, 0.15) is 10.7 Å². The Hall–Kier alpha value is -1.88. The molecule has 1 aromatic heterocycles. The minimum atomic E-state index is -3.28. The van der Waals surface area contributed by atoms with E-state index in [1.807, 2.05) is 0 Å². The maximum absolute atomic E-state index is 11.7. The Balaban J connectivity index is 2.12. The number of hydrogen-bond acceptors (Lipinski definition) is 4. The molecule has 0 aliphatic rings. The number of hydrogen-bond donors (Lipinski definition) is 1. The summed E-state index contributed by atoms with van der Waals surface area (Å²) in [5.74, 6) is 0.680. The molecule has 0 aliphatic heterocycles. The van der Waals surface area contributed by atoms with Gasteiger partial charge in [0.15, 0.2) is 9.84 Å². The van der Waals surface area contributed by atoms with E-state index in [1.165, 1.54) is 17.4 Å². The maximum Gasteiger partial charge on any atom is 0.179 e. The summed E-state index contributed by atoms with van der Waals surface area (Å²) in [5, 5.41) is 3.14. The summed E-state index contributed by atoms with van der Waals surface area (Å²) in [7, 11) is -3.28. The quantitative estimate of drug-likeness (QED) is 0.922. The molecule has 0 amide bonds. The number of sulfone groups is 1. The fraction of sp³-hybridized carbons (Fsp3) is 0.312. The molecule has 0 bridgehead atoms. The van der Waals surface area contributed by atoms with Gasteiger partial charge in [-0.1, -0.05) is 36.8 Å². The standard InChI is InChI=1S/C16H20N2O2S/c1-12-6-8-14(9-7-12)13(2)11-18-16-15(21(3,19)20)5-4-10-17-16/h4-10,13H,11H2,1-3H3,(H,17,18). The molecule has 0 radical (unpaired) electrons. The van der Waals surface area contributed by atoms with Crippen molar-refractivity contribution < 1.29 is 8.42 Å². The molecule has 2 aromatic rings. The third kappa shape index (κ3) is 4.04. The Morgan fingerprint density at radius 3 is 2.48 bits per heavy atom. The first-order valence-corrected chi connectivity index (χ1v) is 8.72. The highest BCUT2D eigenvalue weighted by atomic mass is 32.2. The molecule has 0 saturated carbocycles. The van der Waals surface area contributed by atoms with Crippen molar-refractivity contribution in [3.8, 4) is 0 Å². The van der Waals surface area contributed by atoms with Crippen molar-refractivity contribution in [2.75, 3.05) is 18.1 Å². The third-order valence-electron chi connectivity index (χ3n) is 3.39. The van der Waals surface area contributed by atoms with Gasteiger partial charge in [0.2, 0.25) is 0 Å². The minimum Gasteiger partial charge on any atom is -0.368 e. The highest BCUT2D eigenvalue weighted by molar-refractivity contribution is 7.90. The molecular formula is C16H20N2O2S. The highest BCUT2D eigenvalue weighted by Gasteiger charge is 2.14. The topological polar surface area (TPSA) is 59.1 Å². The first kappa shape index (κ1) is 15.5. The number of anilines is 1. The summed E-state index contributed by atoms with van der Waals surface area (Å²) in [6, 6.07) is 11.5. The third-order valence-corrected chi connectivity index (χ3v) is 4.52. The molecule has 0 fully saturated rings. The van der Waals surface area contributed by atoms with Gasteiger partial charge in [-0.2, -0.15) is 0 Å². The van der Waals surface area contributed by atoms with Crippen molar-refractivity contribution in [1.29, 1.82) is 0 Å². The predicted octanol–water partition coefficient (Wildman–Crippen LogP) is 3.01. The molecule has 1 unspecified atom stereocenters. The van der Waals surface area contributed by atoms with Crippen LogP contribution in [-0.4, -0.2) is 26.2 Å². The van der Waals surface area contributed by atoms with Gasteiger partial charge in [-0.15, -0.1) is 0 Å². The van der Waals surface area contributed by atoms with E-state index in [1.54, 1.807) is 18.3 Å².